The van der Waals surface area contributed by atoms with E-state index in [1.54, 1.807) is 0 Å². The number of rotatable bonds is 5. The van der Waals surface area contributed by atoms with Gasteiger partial charge in [0, 0.05) is 42.2 Å². The molecule has 10 aromatic rings. The highest BCUT2D eigenvalue weighted by Crippen LogP contribution is 2.50. The third-order valence-corrected chi connectivity index (χ3v) is 11.2. The van der Waals surface area contributed by atoms with Crippen LogP contribution in [0, 0.1) is 0 Å². The van der Waals surface area contributed by atoms with Gasteiger partial charge >= 0.3 is 0 Å². The maximum absolute atomic E-state index is 2.49. The molecule has 1 aromatic heterocycles. The lowest BCUT2D eigenvalue weighted by molar-refractivity contribution is 1.31. The van der Waals surface area contributed by atoms with Crippen molar-refractivity contribution < 1.29 is 0 Å². The summed E-state index contributed by atoms with van der Waals surface area (Å²) in [7, 11) is 0. The molecule has 50 heavy (non-hydrogen) atoms. The molecule has 0 aliphatic carbocycles. The number of hydrogen-bond donors (Lipinski definition) is 0. The summed E-state index contributed by atoms with van der Waals surface area (Å²) >= 11 is 1.90. The zero-order chi connectivity index (χ0) is 33.0. The van der Waals surface area contributed by atoms with E-state index >= 15 is 0 Å². The van der Waals surface area contributed by atoms with Gasteiger partial charge in [0.25, 0.3) is 0 Å². The molecule has 1 heterocycles. The minimum absolute atomic E-state index is 1.13. The Morgan fingerprint density at radius 2 is 1.00 bits per heavy atom. The van der Waals surface area contributed by atoms with E-state index in [1.807, 2.05) is 11.3 Å². The second-order valence-corrected chi connectivity index (χ2v) is 13.9. The Balaban J connectivity index is 1.33. The summed E-state index contributed by atoms with van der Waals surface area (Å²) in [6.07, 6.45) is 0. The molecule has 0 unspecified atom stereocenters. The van der Waals surface area contributed by atoms with Crippen molar-refractivity contribution in [1.29, 1.82) is 0 Å². The average Bonchev–Trinajstić information content (AvgIpc) is 3.57. The van der Waals surface area contributed by atoms with Crippen molar-refractivity contribution in [2.75, 3.05) is 4.90 Å². The maximum atomic E-state index is 2.49. The van der Waals surface area contributed by atoms with Gasteiger partial charge < -0.3 is 4.90 Å². The normalized spacial score (nSPS) is 11.6. The fourth-order valence-electron chi connectivity index (χ4n) is 7.75. The lowest BCUT2D eigenvalue weighted by Crippen LogP contribution is -2.12. The van der Waals surface area contributed by atoms with Crippen LogP contribution in [0.25, 0.3) is 74.7 Å². The maximum Gasteiger partial charge on any atom is 0.0547 e. The van der Waals surface area contributed by atoms with Crippen molar-refractivity contribution in [3.63, 3.8) is 0 Å². The van der Waals surface area contributed by atoms with Crippen LogP contribution < -0.4 is 4.90 Å². The van der Waals surface area contributed by atoms with E-state index in [9.17, 15) is 0 Å². The first-order chi connectivity index (χ1) is 24.8. The second-order valence-electron chi connectivity index (χ2n) is 12.9. The summed E-state index contributed by atoms with van der Waals surface area (Å²) in [5.74, 6) is 0. The monoisotopic (exact) mass is 653 g/mol. The molecule has 0 amide bonds. The van der Waals surface area contributed by atoms with Crippen molar-refractivity contribution in [3.05, 3.63) is 188 Å². The molecular formula is C48H31NS. The fourth-order valence-corrected chi connectivity index (χ4v) is 9.00. The van der Waals surface area contributed by atoms with Crippen molar-refractivity contribution in [2.24, 2.45) is 0 Å². The van der Waals surface area contributed by atoms with Crippen molar-refractivity contribution in [3.8, 4) is 22.3 Å². The van der Waals surface area contributed by atoms with Gasteiger partial charge in [-0.3, -0.25) is 0 Å². The van der Waals surface area contributed by atoms with Crippen LogP contribution in [-0.4, -0.2) is 0 Å². The van der Waals surface area contributed by atoms with Crippen molar-refractivity contribution in [2.45, 2.75) is 0 Å². The molecule has 1 nitrogen and oxygen atoms in total. The summed E-state index contributed by atoms with van der Waals surface area (Å²) in [5, 5.41) is 10.1. The van der Waals surface area contributed by atoms with Gasteiger partial charge in [-0.2, -0.15) is 0 Å². The van der Waals surface area contributed by atoms with Gasteiger partial charge in [0.2, 0.25) is 0 Å². The molecule has 2 heteroatoms. The number of hydrogen-bond acceptors (Lipinski definition) is 2. The van der Waals surface area contributed by atoms with Crippen LogP contribution >= 0.6 is 11.3 Å². The Kier molecular flexibility index (Phi) is 6.75. The molecule has 0 radical (unpaired) electrons. The van der Waals surface area contributed by atoms with Gasteiger partial charge in [0.05, 0.1) is 11.4 Å². The van der Waals surface area contributed by atoms with Crippen LogP contribution in [0.1, 0.15) is 0 Å². The fraction of sp³-hybridized carbons (Fsp3) is 0. The van der Waals surface area contributed by atoms with Gasteiger partial charge in [0.15, 0.2) is 0 Å². The van der Waals surface area contributed by atoms with Crippen LogP contribution in [0.15, 0.2) is 188 Å². The highest BCUT2D eigenvalue weighted by Gasteiger charge is 2.23. The molecule has 0 aliphatic rings. The Bertz CT molecular complexity index is 2880. The topological polar surface area (TPSA) is 3.24 Å². The first-order valence-corrected chi connectivity index (χ1v) is 17.9. The van der Waals surface area contributed by atoms with Gasteiger partial charge in [0.1, 0.15) is 0 Å². The lowest BCUT2D eigenvalue weighted by Gasteiger charge is -2.29. The van der Waals surface area contributed by atoms with Crippen LogP contribution in [0.5, 0.6) is 0 Å². The van der Waals surface area contributed by atoms with E-state index in [1.165, 1.54) is 80.4 Å². The molecule has 0 fully saturated rings. The molecule has 234 valence electrons. The summed E-state index contributed by atoms with van der Waals surface area (Å²) in [4.78, 5) is 2.49. The van der Waals surface area contributed by atoms with Gasteiger partial charge in [-0.25, -0.2) is 0 Å². The van der Waals surface area contributed by atoms with E-state index in [0.29, 0.717) is 0 Å². The Labute approximate surface area is 294 Å². The molecule has 0 bridgehead atoms. The molecule has 0 saturated carbocycles. The number of nitrogens with zero attached hydrogens (tertiary/aromatic N) is 1. The van der Waals surface area contributed by atoms with Crippen molar-refractivity contribution in [1.82, 2.24) is 0 Å². The predicted octanol–water partition coefficient (Wildman–Crippen LogP) is 14.3. The molecule has 0 N–H and O–H groups in total. The van der Waals surface area contributed by atoms with Gasteiger partial charge in [-0.1, -0.05) is 158 Å². The van der Waals surface area contributed by atoms with Crippen LogP contribution in [0.2, 0.25) is 0 Å². The molecular weight excluding hydrogens is 623 g/mol. The average molecular weight is 654 g/mol. The van der Waals surface area contributed by atoms with Crippen LogP contribution in [0.3, 0.4) is 0 Å². The largest absolute Gasteiger partial charge is 0.309 e. The molecule has 0 atom stereocenters. The third-order valence-electron chi connectivity index (χ3n) is 10.0. The zero-order valence-corrected chi connectivity index (χ0v) is 28.1. The molecule has 0 saturated heterocycles. The SMILES string of the molecule is c1ccc(-c2ccccc2N(c2ccc3ccccc3c2)c2cc3c(sc4cccc(-c5cccc6ccccc56)c43)c3ccccc23)cc1. The highest BCUT2D eigenvalue weighted by molar-refractivity contribution is 7.26. The number of fused-ring (bicyclic) bond motifs is 7. The summed E-state index contributed by atoms with van der Waals surface area (Å²) in [6, 6.07) is 68.7. The first-order valence-electron chi connectivity index (χ1n) is 17.1. The van der Waals surface area contributed by atoms with E-state index in [0.717, 1.165) is 11.4 Å². The van der Waals surface area contributed by atoms with Crippen molar-refractivity contribution >= 4 is 80.9 Å². The number of benzene rings is 9. The Morgan fingerprint density at radius 1 is 0.360 bits per heavy atom. The zero-order valence-electron chi connectivity index (χ0n) is 27.3. The standard InChI is InChI=1S/C48H31NS/c1-2-15-34(16-3-1)38-21-10-11-26-44(38)49(36-29-28-32-14-4-5-18-35(32)30-36)45-31-43-47-41(39-24-12-19-33-17-6-7-20-37(33)39)25-13-27-46(47)50-48(43)42-23-9-8-22-40(42)45/h1-31H. The summed E-state index contributed by atoms with van der Waals surface area (Å²) < 4.78 is 2.62. The van der Waals surface area contributed by atoms with Gasteiger partial charge in [-0.05, 0) is 68.6 Å². The number of anilines is 3. The molecule has 0 spiro atoms. The van der Waals surface area contributed by atoms with E-state index < -0.39 is 0 Å². The van der Waals surface area contributed by atoms with E-state index in [4.69, 9.17) is 0 Å². The first kappa shape index (κ1) is 28.8. The third kappa shape index (κ3) is 4.61. The quantitative estimate of drug-likeness (QED) is 0.179. The van der Waals surface area contributed by atoms with Gasteiger partial charge in [-0.15, -0.1) is 11.3 Å². The Morgan fingerprint density at radius 3 is 1.88 bits per heavy atom. The predicted molar refractivity (Wildman–Crippen MR) is 217 cm³/mol. The molecule has 10 rings (SSSR count). The molecule has 9 aromatic carbocycles. The minimum atomic E-state index is 1.13. The lowest BCUT2D eigenvalue weighted by atomic mass is 9.93. The second kappa shape index (κ2) is 11.7. The number of para-hydroxylation sites is 1. The summed E-state index contributed by atoms with van der Waals surface area (Å²) in [6.45, 7) is 0. The van der Waals surface area contributed by atoms with E-state index in [2.05, 4.69) is 193 Å². The smallest absolute Gasteiger partial charge is 0.0547 e. The van der Waals surface area contributed by atoms with E-state index in [-0.39, 0.29) is 0 Å². The Hall–Kier alpha value is -6.22. The minimum Gasteiger partial charge on any atom is -0.309 e. The summed E-state index contributed by atoms with van der Waals surface area (Å²) in [5.41, 5.74) is 8.37. The number of thiophene rings is 1. The highest BCUT2D eigenvalue weighted by atomic mass is 32.1. The van der Waals surface area contributed by atoms with Crippen LogP contribution in [-0.2, 0) is 0 Å². The van der Waals surface area contributed by atoms with Crippen LogP contribution in [0.4, 0.5) is 17.1 Å². The molecule has 0 aliphatic heterocycles.